The average molecular weight is 221 g/mol. The lowest BCUT2D eigenvalue weighted by atomic mass is 10.2. The number of H-pyrrole nitrogens is 1. The third-order valence-electron chi connectivity index (χ3n) is 2.05. The van der Waals surface area contributed by atoms with Gasteiger partial charge in [0.1, 0.15) is 11.6 Å². The summed E-state index contributed by atoms with van der Waals surface area (Å²) in [5.74, 6) is -0.793. The lowest BCUT2D eigenvalue weighted by Crippen LogP contribution is -2.07. The summed E-state index contributed by atoms with van der Waals surface area (Å²) in [6.07, 6.45) is 1.02. The summed E-state index contributed by atoms with van der Waals surface area (Å²) in [4.78, 5) is 17.3. The lowest BCUT2D eigenvalue weighted by Gasteiger charge is -2.02. The van der Waals surface area contributed by atoms with Crippen molar-refractivity contribution < 1.29 is 9.50 Å². The van der Waals surface area contributed by atoms with E-state index >= 15 is 0 Å². The van der Waals surface area contributed by atoms with E-state index in [1.807, 2.05) is 0 Å². The first-order valence-electron chi connectivity index (χ1n) is 4.41. The van der Waals surface area contributed by atoms with Gasteiger partial charge in [0.05, 0.1) is 11.9 Å². The molecule has 16 heavy (non-hydrogen) atoms. The van der Waals surface area contributed by atoms with Gasteiger partial charge in [-0.1, -0.05) is 0 Å². The van der Waals surface area contributed by atoms with Gasteiger partial charge in [-0.25, -0.2) is 9.37 Å². The van der Waals surface area contributed by atoms with Gasteiger partial charge in [0.15, 0.2) is 5.75 Å². The number of benzene rings is 1. The van der Waals surface area contributed by atoms with Crippen LogP contribution in [0.15, 0.2) is 29.2 Å². The molecule has 82 valence electrons. The Bertz CT molecular complexity index is 595. The highest BCUT2D eigenvalue weighted by Crippen LogP contribution is 2.19. The summed E-state index contributed by atoms with van der Waals surface area (Å²) >= 11 is 0. The second-order valence-electron chi connectivity index (χ2n) is 3.18. The SMILES string of the molecule is Nc1cc(-c2ncc(O)c(=O)[nH]2)ccc1F. The smallest absolute Gasteiger partial charge is 0.293 e. The predicted octanol–water partition coefficient (Wildman–Crippen LogP) is 0.864. The number of nitrogen functional groups attached to an aromatic ring is 1. The maximum absolute atomic E-state index is 12.9. The quantitative estimate of drug-likeness (QED) is 0.623. The summed E-state index contributed by atoms with van der Waals surface area (Å²) in [6.45, 7) is 0. The van der Waals surface area contributed by atoms with Crippen LogP contribution in [0.5, 0.6) is 5.75 Å². The molecule has 0 amide bonds. The molecule has 2 rings (SSSR count). The number of anilines is 1. The number of nitrogens with one attached hydrogen (secondary N) is 1. The van der Waals surface area contributed by atoms with E-state index in [1.54, 1.807) is 0 Å². The molecule has 0 fully saturated rings. The van der Waals surface area contributed by atoms with Crippen molar-refractivity contribution in [2.24, 2.45) is 0 Å². The highest BCUT2D eigenvalue weighted by atomic mass is 19.1. The zero-order valence-electron chi connectivity index (χ0n) is 8.07. The molecule has 0 unspecified atom stereocenters. The Kier molecular flexibility index (Phi) is 2.32. The molecule has 0 bridgehead atoms. The molecule has 0 spiro atoms. The summed E-state index contributed by atoms with van der Waals surface area (Å²) in [7, 11) is 0. The maximum Gasteiger partial charge on any atom is 0.293 e. The zero-order chi connectivity index (χ0) is 11.7. The summed E-state index contributed by atoms with van der Waals surface area (Å²) in [6, 6.07) is 3.96. The van der Waals surface area contributed by atoms with Crippen molar-refractivity contribution >= 4 is 5.69 Å². The molecule has 4 N–H and O–H groups in total. The minimum absolute atomic E-state index is 0.0341. The Morgan fingerprint density at radius 2 is 2.19 bits per heavy atom. The van der Waals surface area contributed by atoms with Crippen LogP contribution in [0, 0.1) is 5.82 Å². The topological polar surface area (TPSA) is 92.0 Å². The molecule has 0 aliphatic heterocycles. The Morgan fingerprint density at radius 3 is 2.81 bits per heavy atom. The fourth-order valence-electron chi connectivity index (χ4n) is 1.23. The monoisotopic (exact) mass is 221 g/mol. The van der Waals surface area contributed by atoms with Gasteiger partial charge >= 0.3 is 0 Å². The Balaban J connectivity index is 2.55. The number of aromatic hydroxyl groups is 1. The molecule has 1 aromatic heterocycles. The molecule has 1 aromatic carbocycles. The van der Waals surface area contributed by atoms with Crippen LogP contribution in [-0.2, 0) is 0 Å². The van der Waals surface area contributed by atoms with Crippen molar-refractivity contribution in [1.29, 1.82) is 0 Å². The molecule has 2 aromatic rings. The second-order valence-corrected chi connectivity index (χ2v) is 3.18. The first-order chi connectivity index (χ1) is 7.58. The number of nitrogens with two attached hydrogens (primary N) is 1. The number of nitrogens with zero attached hydrogens (tertiary/aromatic N) is 1. The zero-order valence-corrected chi connectivity index (χ0v) is 8.07. The minimum Gasteiger partial charge on any atom is -0.502 e. The highest BCUT2D eigenvalue weighted by Gasteiger charge is 2.05. The van der Waals surface area contributed by atoms with E-state index in [2.05, 4.69) is 9.97 Å². The standard InChI is InChI=1S/C10H8FN3O2/c11-6-2-1-5(3-7(6)12)9-13-4-8(15)10(16)14-9/h1-4,15H,12H2,(H,13,14,16). The first-order valence-corrected chi connectivity index (χ1v) is 4.41. The number of aromatic nitrogens is 2. The van der Waals surface area contributed by atoms with Crippen LogP contribution in [0.2, 0.25) is 0 Å². The molecule has 0 aliphatic carbocycles. The van der Waals surface area contributed by atoms with E-state index in [1.165, 1.54) is 18.2 Å². The highest BCUT2D eigenvalue weighted by molar-refractivity contribution is 5.61. The van der Waals surface area contributed by atoms with E-state index in [4.69, 9.17) is 10.8 Å². The van der Waals surface area contributed by atoms with Gasteiger partial charge < -0.3 is 15.8 Å². The van der Waals surface area contributed by atoms with Crippen LogP contribution in [0.4, 0.5) is 10.1 Å². The summed E-state index contributed by atoms with van der Waals surface area (Å²) < 4.78 is 12.9. The number of aromatic amines is 1. The third kappa shape index (κ3) is 1.72. The van der Waals surface area contributed by atoms with E-state index in [0.29, 0.717) is 5.56 Å². The van der Waals surface area contributed by atoms with Gasteiger partial charge in [0.2, 0.25) is 0 Å². The van der Waals surface area contributed by atoms with Crippen LogP contribution in [-0.4, -0.2) is 15.1 Å². The van der Waals surface area contributed by atoms with E-state index in [-0.39, 0.29) is 11.5 Å². The van der Waals surface area contributed by atoms with Crippen LogP contribution in [0.1, 0.15) is 0 Å². The van der Waals surface area contributed by atoms with Gasteiger partial charge in [-0.05, 0) is 18.2 Å². The van der Waals surface area contributed by atoms with Crippen molar-refractivity contribution in [1.82, 2.24) is 9.97 Å². The lowest BCUT2D eigenvalue weighted by molar-refractivity contribution is 0.463. The Morgan fingerprint density at radius 1 is 1.44 bits per heavy atom. The van der Waals surface area contributed by atoms with E-state index < -0.39 is 17.1 Å². The van der Waals surface area contributed by atoms with Crippen molar-refractivity contribution in [2.75, 3.05) is 5.73 Å². The predicted molar refractivity (Wildman–Crippen MR) is 56.3 cm³/mol. The minimum atomic E-state index is -0.659. The summed E-state index contributed by atoms with van der Waals surface area (Å²) in [5.41, 5.74) is 5.16. The normalized spacial score (nSPS) is 10.3. The fraction of sp³-hybridized carbons (Fsp3) is 0. The number of rotatable bonds is 1. The Hall–Kier alpha value is -2.37. The molecule has 0 radical (unpaired) electrons. The number of halogens is 1. The molecule has 0 saturated heterocycles. The van der Waals surface area contributed by atoms with Gasteiger partial charge in [0.25, 0.3) is 5.56 Å². The van der Waals surface area contributed by atoms with E-state index in [9.17, 15) is 9.18 Å². The summed E-state index contributed by atoms with van der Waals surface area (Å²) in [5, 5.41) is 9.00. The molecule has 0 atom stereocenters. The van der Waals surface area contributed by atoms with Crippen molar-refractivity contribution in [2.45, 2.75) is 0 Å². The van der Waals surface area contributed by atoms with Crippen molar-refractivity contribution in [3.05, 3.63) is 40.6 Å². The van der Waals surface area contributed by atoms with Gasteiger partial charge in [-0.2, -0.15) is 0 Å². The Labute approximate surface area is 89.4 Å². The van der Waals surface area contributed by atoms with Gasteiger partial charge in [-0.15, -0.1) is 0 Å². The van der Waals surface area contributed by atoms with E-state index in [0.717, 1.165) is 6.20 Å². The van der Waals surface area contributed by atoms with Crippen LogP contribution in [0.3, 0.4) is 0 Å². The van der Waals surface area contributed by atoms with Crippen molar-refractivity contribution in [3.8, 4) is 17.1 Å². The van der Waals surface area contributed by atoms with Crippen LogP contribution >= 0.6 is 0 Å². The molecule has 5 nitrogen and oxygen atoms in total. The number of hydrogen-bond acceptors (Lipinski definition) is 4. The molecule has 0 aliphatic rings. The molecular weight excluding hydrogens is 213 g/mol. The molecule has 1 heterocycles. The van der Waals surface area contributed by atoms with Gasteiger partial charge in [0, 0.05) is 5.56 Å². The molecule has 6 heteroatoms. The van der Waals surface area contributed by atoms with Gasteiger partial charge in [-0.3, -0.25) is 4.79 Å². The van der Waals surface area contributed by atoms with Crippen molar-refractivity contribution in [3.63, 3.8) is 0 Å². The molecule has 0 saturated carbocycles. The van der Waals surface area contributed by atoms with Crippen LogP contribution in [0.25, 0.3) is 11.4 Å². The number of hydrogen-bond donors (Lipinski definition) is 3. The first kappa shape index (κ1) is 10.2. The maximum atomic E-state index is 12.9. The fourth-order valence-corrected chi connectivity index (χ4v) is 1.23. The second kappa shape index (κ2) is 3.65. The molecular formula is C10H8FN3O2. The third-order valence-corrected chi connectivity index (χ3v) is 2.05. The largest absolute Gasteiger partial charge is 0.502 e. The van der Waals surface area contributed by atoms with Crippen LogP contribution < -0.4 is 11.3 Å². The average Bonchev–Trinajstić information content (AvgIpc) is 2.26.